The topological polar surface area (TPSA) is 28.3 Å². The molecular weight excluding hydrogens is 320 g/mol. The highest BCUT2D eigenvalue weighted by Crippen LogP contribution is 2.37. The van der Waals surface area contributed by atoms with Crippen LogP contribution in [0.1, 0.15) is 47.6 Å². The van der Waals surface area contributed by atoms with Crippen molar-refractivity contribution in [2.24, 2.45) is 0 Å². The molecule has 0 bridgehead atoms. The van der Waals surface area contributed by atoms with Gasteiger partial charge in [0, 0.05) is 35.2 Å². The summed E-state index contributed by atoms with van der Waals surface area (Å²) < 4.78 is 5.77. The van der Waals surface area contributed by atoms with Crippen molar-refractivity contribution < 1.29 is 4.74 Å². The van der Waals surface area contributed by atoms with Crippen LogP contribution in [0.3, 0.4) is 0 Å². The maximum atomic E-state index is 5.77. The van der Waals surface area contributed by atoms with Crippen LogP contribution in [0.15, 0.2) is 42.6 Å². The van der Waals surface area contributed by atoms with Gasteiger partial charge < -0.3 is 9.72 Å². The van der Waals surface area contributed by atoms with E-state index in [1.807, 2.05) is 6.20 Å². The zero-order valence-electron chi connectivity index (χ0n) is 16.0. The molecule has 4 rings (SSSR count). The lowest BCUT2D eigenvalue weighted by Crippen LogP contribution is -2.33. The Morgan fingerprint density at radius 2 is 1.96 bits per heavy atom. The molecule has 3 aromatic rings. The van der Waals surface area contributed by atoms with Crippen LogP contribution in [0, 0.1) is 13.8 Å². The van der Waals surface area contributed by atoms with Gasteiger partial charge in [-0.15, -0.1) is 0 Å². The Morgan fingerprint density at radius 3 is 2.77 bits per heavy atom. The summed E-state index contributed by atoms with van der Waals surface area (Å²) >= 11 is 0. The summed E-state index contributed by atoms with van der Waals surface area (Å²) in [5.74, 6) is 1.00. The van der Waals surface area contributed by atoms with Gasteiger partial charge >= 0.3 is 0 Å². The lowest BCUT2D eigenvalue weighted by atomic mass is 9.91. The van der Waals surface area contributed by atoms with Crippen LogP contribution < -0.4 is 4.74 Å². The minimum Gasteiger partial charge on any atom is -0.496 e. The predicted octanol–water partition coefficient (Wildman–Crippen LogP) is 5.52. The Bertz CT molecular complexity index is 912. The minimum absolute atomic E-state index is 0.491. The van der Waals surface area contributed by atoms with Gasteiger partial charge in [-0.3, -0.25) is 4.90 Å². The molecule has 0 aliphatic carbocycles. The van der Waals surface area contributed by atoms with Gasteiger partial charge in [-0.2, -0.15) is 0 Å². The lowest BCUT2D eigenvalue weighted by Gasteiger charge is -2.37. The van der Waals surface area contributed by atoms with E-state index in [0.29, 0.717) is 6.04 Å². The number of benzene rings is 2. The number of hydrogen-bond acceptors (Lipinski definition) is 2. The van der Waals surface area contributed by atoms with E-state index >= 15 is 0 Å². The van der Waals surface area contributed by atoms with Crippen molar-refractivity contribution in [3.63, 3.8) is 0 Å². The standard InChI is InChI=1S/C23H28N2O/c1-16-8-4-5-9-18(16)21-10-6-7-13-25(21)15-20-19-11-12-24-23(19)17(2)14-22(20)26-3/h4-5,8-9,11-12,14,21,24H,6-7,10,13,15H2,1-3H3. The normalized spacial score (nSPS) is 18.3. The molecule has 1 aromatic heterocycles. The molecule has 3 heteroatoms. The van der Waals surface area contributed by atoms with Crippen molar-refractivity contribution in [1.82, 2.24) is 9.88 Å². The van der Waals surface area contributed by atoms with E-state index in [9.17, 15) is 0 Å². The number of H-pyrrole nitrogens is 1. The molecule has 1 unspecified atom stereocenters. The number of ether oxygens (including phenoxy) is 1. The molecule has 2 heterocycles. The number of hydrogen-bond donors (Lipinski definition) is 1. The molecule has 1 aliphatic heterocycles. The number of aromatic nitrogens is 1. The van der Waals surface area contributed by atoms with E-state index in [1.165, 1.54) is 52.4 Å². The van der Waals surface area contributed by atoms with Crippen molar-refractivity contribution in [2.45, 2.75) is 45.7 Å². The zero-order valence-corrected chi connectivity index (χ0v) is 16.0. The lowest BCUT2D eigenvalue weighted by molar-refractivity contribution is 0.139. The highest BCUT2D eigenvalue weighted by atomic mass is 16.5. The summed E-state index contributed by atoms with van der Waals surface area (Å²) in [4.78, 5) is 6.04. The average Bonchev–Trinajstić information content (AvgIpc) is 3.15. The summed E-state index contributed by atoms with van der Waals surface area (Å²) in [6.07, 6.45) is 5.85. The van der Waals surface area contributed by atoms with Crippen molar-refractivity contribution >= 4 is 10.9 Å². The molecule has 2 aromatic carbocycles. The molecule has 0 radical (unpaired) electrons. The summed E-state index contributed by atoms with van der Waals surface area (Å²) in [7, 11) is 1.78. The molecule has 1 aliphatic rings. The second-order valence-corrected chi connectivity index (χ2v) is 7.48. The summed E-state index contributed by atoms with van der Waals surface area (Å²) in [6.45, 7) is 6.44. The number of nitrogens with one attached hydrogen (secondary N) is 1. The van der Waals surface area contributed by atoms with Crippen LogP contribution in [-0.2, 0) is 6.54 Å². The first-order chi connectivity index (χ1) is 12.7. The zero-order chi connectivity index (χ0) is 18.1. The van der Waals surface area contributed by atoms with Gasteiger partial charge in [-0.1, -0.05) is 30.7 Å². The third kappa shape index (κ3) is 3.01. The number of likely N-dealkylation sites (tertiary alicyclic amines) is 1. The molecule has 3 nitrogen and oxygen atoms in total. The fraction of sp³-hybridized carbons (Fsp3) is 0.391. The first-order valence-electron chi connectivity index (χ1n) is 9.62. The van der Waals surface area contributed by atoms with E-state index in [-0.39, 0.29) is 0 Å². The molecule has 1 fully saturated rings. The maximum absolute atomic E-state index is 5.77. The van der Waals surface area contributed by atoms with Gasteiger partial charge in [0.05, 0.1) is 7.11 Å². The van der Waals surface area contributed by atoms with Gasteiger partial charge in [-0.05, 0) is 62.1 Å². The molecule has 1 atom stereocenters. The number of aryl methyl sites for hydroxylation is 2. The predicted molar refractivity (Wildman–Crippen MR) is 108 cm³/mol. The molecule has 136 valence electrons. The molecule has 26 heavy (non-hydrogen) atoms. The van der Waals surface area contributed by atoms with Crippen LogP contribution in [0.2, 0.25) is 0 Å². The van der Waals surface area contributed by atoms with Crippen molar-refractivity contribution in [3.8, 4) is 5.75 Å². The summed E-state index contributed by atoms with van der Waals surface area (Å²) in [5.41, 5.74) is 6.63. The van der Waals surface area contributed by atoms with Crippen LogP contribution >= 0.6 is 0 Å². The van der Waals surface area contributed by atoms with Crippen LogP contribution in [0.4, 0.5) is 0 Å². The number of piperidine rings is 1. The second-order valence-electron chi connectivity index (χ2n) is 7.48. The smallest absolute Gasteiger partial charge is 0.124 e. The fourth-order valence-corrected chi connectivity index (χ4v) is 4.48. The van der Waals surface area contributed by atoms with E-state index in [2.05, 4.69) is 60.1 Å². The third-order valence-corrected chi connectivity index (χ3v) is 5.85. The Kier molecular flexibility index (Phi) is 4.73. The van der Waals surface area contributed by atoms with E-state index in [0.717, 1.165) is 18.8 Å². The monoisotopic (exact) mass is 348 g/mol. The van der Waals surface area contributed by atoms with Crippen molar-refractivity contribution in [2.75, 3.05) is 13.7 Å². The number of methoxy groups -OCH3 is 1. The largest absolute Gasteiger partial charge is 0.496 e. The molecule has 1 saturated heterocycles. The Hall–Kier alpha value is -2.26. The van der Waals surface area contributed by atoms with Gasteiger partial charge in [0.1, 0.15) is 5.75 Å². The van der Waals surface area contributed by atoms with E-state index < -0.39 is 0 Å². The molecular formula is C23H28N2O. The first-order valence-corrected chi connectivity index (χ1v) is 9.62. The van der Waals surface area contributed by atoms with Crippen molar-refractivity contribution in [1.29, 1.82) is 0 Å². The Balaban J connectivity index is 1.73. The fourth-order valence-electron chi connectivity index (χ4n) is 4.48. The van der Waals surface area contributed by atoms with Gasteiger partial charge in [0.2, 0.25) is 0 Å². The number of rotatable bonds is 4. The highest BCUT2D eigenvalue weighted by molar-refractivity contribution is 5.88. The third-order valence-electron chi connectivity index (χ3n) is 5.85. The van der Waals surface area contributed by atoms with Crippen LogP contribution in [0.5, 0.6) is 5.75 Å². The minimum atomic E-state index is 0.491. The quantitative estimate of drug-likeness (QED) is 0.672. The molecule has 0 amide bonds. The summed E-state index contributed by atoms with van der Waals surface area (Å²) in [6, 6.07) is 13.7. The SMILES string of the molecule is COc1cc(C)c2[nH]ccc2c1CN1CCCCC1c1ccccc1C. The van der Waals surface area contributed by atoms with Gasteiger partial charge in [-0.25, -0.2) is 0 Å². The molecule has 0 saturated carbocycles. The van der Waals surface area contributed by atoms with E-state index in [4.69, 9.17) is 4.74 Å². The number of fused-ring (bicyclic) bond motifs is 1. The first kappa shape index (κ1) is 17.2. The molecule has 0 spiro atoms. The van der Waals surface area contributed by atoms with Crippen molar-refractivity contribution in [3.05, 3.63) is 64.8 Å². The van der Waals surface area contributed by atoms with E-state index in [1.54, 1.807) is 7.11 Å². The van der Waals surface area contributed by atoms with Gasteiger partial charge in [0.15, 0.2) is 0 Å². The van der Waals surface area contributed by atoms with Gasteiger partial charge in [0.25, 0.3) is 0 Å². The average molecular weight is 348 g/mol. The number of aromatic amines is 1. The Morgan fingerprint density at radius 1 is 1.12 bits per heavy atom. The second kappa shape index (κ2) is 7.16. The number of nitrogens with zero attached hydrogens (tertiary/aromatic N) is 1. The highest BCUT2D eigenvalue weighted by Gasteiger charge is 2.26. The van der Waals surface area contributed by atoms with Crippen LogP contribution in [0.25, 0.3) is 10.9 Å². The summed E-state index contributed by atoms with van der Waals surface area (Å²) in [5, 5.41) is 1.29. The Labute approximate surface area is 156 Å². The maximum Gasteiger partial charge on any atom is 0.124 e. The molecule has 1 N–H and O–H groups in total. The van der Waals surface area contributed by atoms with Crippen LogP contribution in [-0.4, -0.2) is 23.5 Å².